The third-order valence-electron chi connectivity index (χ3n) is 2.78. The van der Waals surface area contributed by atoms with Gasteiger partial charge in [-0.15, -0.1) is 0 Å². The summed E-state index contributed by atoms with van der Waals surface area (Å²) in [5.41, 5.74) is 4.61. The maximum Gasteiger partial charge on any atom is 0.0681 e. The molecule has 2 N–H and O–H groups in total. The van der Waals surface area contributed by atoms with Crippen molar-refractivity contribution in [2.45, 2.75) is 13.2 Å². The average Bonchev–Trinajstić information content (AvgIpc) is 2.40. The van der Waals surface area contributed by atoms with E-state index in [0.29, 0.717) is 0 Å². The van der Waals surface area contributed by atoms with Gasteiger partial charge in [-0.3, -0.25) is 0 Å². The van der Waals surface area contributed by atoms with Crippen LogP contribution in [0.15, 0.2) is 48.5 Å². The third-order valence-corrected chi connectivity index (χ3v) is 2.78. The van der Waals surface area contributed by atoms with E-state index in [1.807, 2.05) is 31.3 Å². The Morgan fingerprint density at radius 2 is 1.71 bits per heavy atom. The summed E-state index contributed by atoms with van der Waals surface area (Å²) in [4.78, 5) is 0. The quantitative estimate of drug-likeness (QED) is 0.841. The van der Waals surface area contributed by atoms with E-state index in [2.05, 4.69) is 29.6 Å². The number of nitrogens with one attached hydrogen (secondary N) is 1. The maximum absolute atomic E-state index is 9.00. The molecule has 0 bridgehead atoms. The summed E-state index contributed by atoms with van der Waals surface area (Å²) in [5, 5.41) is 12.2. The van der Waals surface area contributed by atoms with Crippen molar-refractivity contribution in [3.8, 4) is 11.1 Å². The van der Waals surface area contributed by atoms with E-state index in [1.54, 1.807) is 0 Å². The van der Waals surface area contributed by atoms with Crippen molar-refractivity contribution < 1.29 is 5.11 Å². The lowest BCUT2D eigenvalue weighted by molar-refractivity contribution is 0.282. The Morgan fingerprint density at radius 1 is 0.941 bits per heavy atom. The zero-order chi connectivity index (χ0) is 12.1. The molecule has 0 aliphatic carbocycles. The maximum atomic E-state index is 9.00. The van der Waals surface area contributed by atoms with Crippen LogP contribution in [-0.4, -0.2) is 12.2 Å². The Hall–Kier alpha value is -1.64. The lowest BCUT2D eigenvalue weighted by Crippen LogP contribution is -2.04. The van der Waals surface area contributed by atoms with Gasteiger partial charge in [0.15, 0.2) is 0 Å². The molecule has 17 heavy (non-hydrogen) atoms. The number of rotatable bonds is 4. The summed E-state index contributed by atoms with van der Waals surface area (Å²) in [5.74, 6) is 0. The first-order valence-electron chi connectivity index (χ1n) is 5.77. The van der Waals surface area contributed by atoms with Gasteiger partial charge >= 0.3 is 0 Å². The molecule has 0 unspecified atom stereocenters. The van der Waals surface area contributed by atoms with Crippen LogP contribution in [-0.2, 0) is 13.2 Å². The first kappa shape index (κ1) is 11.8. The molecule has 0 fully saturated rings. The third kappa shape index (κ3) is 2.93. The molecule has 0 amide bonds. The molecular weight excluding hydrogens is 210 g/mol. The van der Waals surface area contributed by atoms with Crippen molar-refractivity contribution in [3.05, 3.63) is 59.7 Å². The predicted octanol–water partition coefficient (Wildman–Crippen LogP) is 2.57. The Balaban J connectivity index is 2.28. The molecular formula is C15H17NO. The van der Waals surface area contributed by atoms with Gasteiger partial charge in [-0.25, -0.2) is 0 Å². The molecule has 0 heterocycles. The highest BCUT2D eigenvalue weighted by Crippen LogP contribution is 2.21. The van der Waals surface area contributed by atoms with Crippen molar-refractivity contribution in [3.63, 3.8) is 0 Å². The molecule has 0 atom stereocenters. The Bertz CT molecular complexity index is 477. The molecule has 2 heteroatoms. The van der Waals surface area contributed by atoms with Crippen LogP contribution < -0.4 is 5.32 Å². The zero-order valence-electron chi connectivity index (χ0n) is 9.98. The Morgan fingerprint density at radius 3 is 2.35 bits per heavy atom. The normalized spacial score (nSPS) is 10.5. The molecule has 0 aliphatic heterocycles. The van der Waals surface area contributed by atoms with Crippen molar-refractivity contribution >= 4 is 0 Å². The summed E-state index contributed by atoms with van der Waals surface area (Å²) in [7, 11) is 1.95. The smallest absolute Gasteiger partial charge is 0.0681 e. The molecule has 2 aromatic carbocycles. The fourth-order valence-corrected chi connectivity index (χ4v) is 1.87. The monoisotopic (exact) mass is 227 g/mol. The van der Waals surface area contributed by atoms with E-state index in [4.69, 9.17) is 5.11 Å². The molecule has 2 nitrogen and oxygen atoms in total. The molecule has 0 aromatic heterocycles. The molecule has 88 valence electrons. The topological polar surface area (TPSA) is 32.3 Å². The van der Waals surface area contributed by atoms with E-state index < -0.39 is 0 Å². The van der Waals surface area contributed by atoms with Crippen molar-refractivity contribution in [2.24, 2.45) is 0 Å². The van der Waals surface area contributed by atoms with Gasteiger partial charge in [0.1, 0.15) is 0 Å². The van der Waals surface area contributed by atoms with E-state index in [0.717, 1.165) is 12.1 Å². The lowest BCUT2D eigenvalue weighted by Gasteiger charge is -2.06. The van der Waals surface area contributed by atoms with Crippen LogP contribution in [0, 0.1) is 0 Å². The van der Waals surface area contributed by atoms with Crippen LogP contribution in [0.5, 0.6) is 0 Å². The second-order valence-corrected chi connectivity index (χ2v) is 4.09. The standard InChI is InChI=1S/C15H17NO/c1-16-10-13-3-2-4-15(9-13)14-7-5-12(11-17)6-8-14/h2-9,16-17H,10-11H2,1H3. The molecule has 0 spiro atoms. The number of aliphatic hydroxyl groups is 1. The zero-order valence-corrected chi connectivity index (χ0v) is 9.98. The van der Waals surface area contributed by atoms with Crippen LogP contribution in [0.25, 0.3) is 11.1 Å². The number of hydrogen-bond acceptors (Lipinski definition) is 2. The second-order valence-electron chi connectivity index (χ2n) is 4.09. The highest BCUT2D eigenvalue weighted by Gasteiger charge is 1.99. The van der Waals surface area contributed by atoms with Gasteiger partial charge in [-0.1, -0.05) is 42.5 Å². The van der Waals surface area contributed by atoms with E-state index in [-0.39, 0.29) is 6.61 Å². The number of hydrogen-bond donors (Lipinski definition) is 2. The van der Waals surface area contributed by atoms with Crippen LogP contribution >= 0.6 is 0 Å². The van der Waals surface area contributed by atoms with Crippen molar-refractivity contribution in [2.75, 3.05) is 7.05 Å². The fraction of sp³-hybridized carbons (Fsp3) is 0.200. The van der Waals surface area contributed by atoms with Gasteiger partial charge in [-0.05, 0) is 35.4 Å². The summed E-state index contributed by atoms with van der Waals surface area (Å²) < 4.78 is 0. The minimum atomic E-state index is 0.0973. The van der Waals surface area contributed by atoms with Crippen molar-refractivity contribution in [1.29, 1.82) is 0 Å². The number of aliphatic hydroxyl groups excluding tert-OH is 1. The van der Waals surface area contributed by atoms with E-state index >= 15 is 0 Å². The van der Waals surface area contributed by atoms with Gasteiger partial charge in [0.25, 0.3) is 0 Å². The number of benzene rings is 2. The first-order chi connectivity index (χ1) is 8.33. The molecule has 0 radical (unpaired) electrons. The molecule has 0 saturated heterocycles. The van der Waals surface area contributed by atoms with Crippen LogP contribution in [0.4, 0.5) is 0 Å². The predicted molar refractivity (Wildman–Crippen MR) is 70.6 cm³/mol. The van der Waals surface area contributed by atoms with Gasteiger partial charge in [-0.2, -0.15) is 0 Å². The fourth-order valence-electron chi connectivity index (χ4n) is 1.87. The van der Waals surface area contributed by atoms with E-state index in [9.17, 15) is 0 Å². The summed E-state index contributed by atoms with van der Waals surface area (Å²) >= 11 is 0. The van der Waals surface area contributed by atoms with Crippen LogP contribution in [0.1, 0.15) is 11.1 Å². The average molecular weight is 227 g/mol. The summed E-state index contributed by atoms with van der Waals surface area (Å²) in [6.07, 6.45) is 0. The van der Waals surface area contributed by atoms with Gasteiger partial charge in [0.2, 0.25) is 0 Å². The molecule has 2 rings (SSSR count). The minimum absolute atomic E-state index is 0.0973. The van der Waals surface area contributed by atoms with Crippen LogP contribution in [0.3, 0.4) is 0 Å². The summed E-state index contributed by atoms with van der Waals surface area (Å²) in [6.45, 7) is 0.975. The molecule has 0 aliphatic rings. The molecule has 2 aromatic rings. The highest BCUT2D eigenvalue weighted by molar-refractivity contribution is 5.64. The lowest BCUT2D eigenvalue weighted by atomic mass is 10.0. The SMILES string of the molecule is CNCc1cccc(-c2ccc(CO)cc2)c1. The Labute approximate surface area is 102 Å². The van der Waals surface area contributed by atoms with Crippen molar-refractivity contribution in [1.82, 2.24) is 5.32 Å². The summed E-state index contributed by atoms with van der Waals surface area (Å²) in [6, 6.07) is 16.5. The molecule has 0 saturated carbocycles. The second kappa shape index (κ2) is 5.62. The van der Waals surface area contributed by atoms with Crippen LogP contribution in [0.2, 0.25) is 0 Å². The minimum Gasteiger partial charge on any atom is -0.392 e. The largest absolute Gasteiger partial charge is 0.392 e. The van der Waals surface area contributed by atoms with Gasteiger partial charge in [0.05, 0.1) is 6.61 Å². The highest BCUT2D eigenvalue weighted by atomic mass is 16.3. The van der Waals surface area contributed by atoms with E-state index in [1.165, 1.54) is 16.7 Å². The Kier molecular flexibility index (Phi) is 3.91. The van der Waals surface area contributed by atoms with Gasteiger partial charge < -0.3 is 10.4 Å². The first-order valence-corrected chi connectivity index (χ1v) is 5.77. The van der Waals surface area contributed by atoms with Gasteiger partial charge in [0, 0.05) is 6.54 Å².